The quantitative estimate of drug-likeness (QED) is 0.439. The largest absolute Gasteiger partial charge is 0.462 e. The van der Waals surface area contributed by atoms with E-state index in [1.165, 1.54) is 21.1 Å². The normalized spacial score (nSPS) is 11.3. The number of aliphatic imine (C=N–C) groups is 1. The fourth-order valence-electron chi connectivity index (χ4n) is 2.43. The SMILES string of the molecule is CCOC(=O)c1c(N)sc(/N=C/c2ccc(-c3cccs3)s2)c1CC. The highest BCUT2D eigenvalue weighted by Gasteiger charge is 2.21. The summed E-state index contributed by atoms with van der Waals surface area (Å²) in [6.07, 6.45) is 2.51. The summed E-state index contributed by atoms with van der Waals surface area (Å²) in [5, 5.41) is 3.31. The van der Waals surface area contributed by atoms with Gasteiger partial charge in [0.25, 0.3) is 0 Å². The maximum atomic E-state index is 12.1. The van der Waals surface area contributed by atoms with Crippen molar-refractivity contribution in [2.24, 2.45) is 4.99 Å². The fourth-order valence-corrected chi connectivity index (χ4v) is 5.13. The number of nitrogen functional groups attached to an aromatic ring is 1. The Morgan fingerprint density at radius 2 is 2.08 bits per heavy atom. The van der Waals surface area contributed by atoms with E-state index in [-0.39, 0.29) is 5.97 Å². The molecule has 0 aromatic carbocycles. The number of carbonyl (C=O) groups excluding carboxylic acids is 1. The molecule has 0 fully saturated rings. The van der Waals surface area contributed by atoms with Crippen molar-refractivity contribution in [3.63, 3.8) is 0 Å². The number of anilines is 1. The molecule has 3 rings (SSSR count). The third-order valence-corrected chi connectivity index (χ3v) is 6.60. The van der Waals surface area contributed by atoms with Crippen LogP contribution < -0.4 is 5.73 Å². The summed E-state index contributed by atoms with van der Waals surface area (Å²) in [6.45, 7) is 4.10. The van der Waals surface area contributed by atoms with Crippen molar-refractivity contribution in [1.29, 1.82) is 0 Å². The van der Waals surface area contributed by atoms with Crippen molar-refractivity contribution in [3.05, 3.63) is 45.6 Å². The van der Waals surface area contributed by atoms with Crippen molar-refractivity contribution in [2.45, 2.75) is 20.3 Å². The average molecular weight is 391 g/mol. The first-order chi connectivity index (χ1) is 12.1. The number of rotatable bonds is 6. The number of ether oxygens (including phenoxy) is 1. The molecule has 0 aliphatic carbocycles. The van der Waals surface area contributed by atoms with Crippen LogP contribution in [-0.4, -0.2) is 18.8 Å². The highest BCUT2D eigenvalue weighted by molar-refractivity contribution is 7.22. The predicted molar refractivity (Wildman–Crippen MR) is 109 cm³/mol. The molecule has 3 aromatic heterocycles. The Kier molecular flexibility index (Phi) is 5.67. The van der Waals surface area contributed by atoms with Crippen LogP contribution in [0.15, 0.2) is 34.6 Å². The molecule has 25 heavy (non-hydrogen) atoms. The van der Waals surface area contributed by atoms with Crippen LogP contribution in [0.2, 0.25) is 0 Å². The molecule has 0 bridgehead atoms. The molecule has 7 heteroatoms. The average Bonchev–Trinajstić information content (AvgIpc) is 3.32. The van der Waals surface area contributed by atoms with E-state index in [1.807, 2.05) is 19.2 Å². The van der Waals surface area contributed by atoms with Gasteiger partial charge in [-0.2, -0.15) is 0 Å². The molecule has 130 valence electrons. The molecule has 3 aromatic rings. The second-order valence-electron chi connectivity index (χ2n) is 5.14. The number of nitrogens with zero attached hydrogens (tertiary/aromatic N) is 1. The van der Waals surface area contributed by atoms with E-state index >= 15 is 0 Å². The van der Waals surface area contributed by atoms with Crippen molar-refractivity contribution in [1.82, 2.24) is 0 Å². The Morgan fingerprint density at radius 1 is 1.24 bits per heavy atom. The Hall–Kier alpha value is -1.96. The Labute approximate surface area is 158 Å². The second kappa shape index (κ2) is 7.95. The molecule has 0 spiro atoms. The summed E-state index contributed by atoms with van der Waals surface area (Å²) in [4.78, 5) is 20.3. The van der Waals surface area contributed by atoms with E-state index in [2.05, 4.69) is 28.6 Å². The molecular weight excluding hydrogens is 372 g/mol. The summed E-state index contributed by atoms with van der Waals surface area (Å²) >= 11 is 4.74. The van der Waals surface area contributed by atoms with Crippen molar-refractivity contribution >= 4 is 56.2 Å². The Balaban J connectivity index is 1.86. The molecule has 0 aliphatic rings. The van der Waals surface area contributed by atoms with E-state index in [4.69, 9.17) is 10.5 Å². The van der Waals surface area contributed by atoms with Crippen molar-refractivity contribution < 1.29 is 9.53 Å². The van der Waals surface area contributed by atoms with Gasteiger partial charge in [0.1, 0.15) is 10.0 Å². The Bertz CT molecular complexity index is 892. The third kappa shape index (κ3) is 3.84. The number of hydrogen-bond donors (Lipinski definition) is 1. The fraction of sp³-hybridized carbons (Fsp3) is 0.222. The summed E-state index contributed by atoms with van der Waals surface area (Å²) in [5.74, 6) is -0.370. The maximum Gasteiger partial charge on any atom is 0.341 e. The molecule has 0 amide bonds. The van der Waals surface area contributed by atoms with Gasteiger partial charge in [-0.05, 0) is 36.9 Å². The molecule has 0 aliphatic heterocycles. The summed E-state index contributed by atoms with van der Waals surface area (Å²) in [6, 6.07) is 8.31. The summed E-state index contributed by atoms with van der Waals surface area (Å²) in [5.41, 5.74) is 7.35. The second-order valence-corrected chi connectivity index (χ2v) is 8.23. The topological polar surface area (TPSA) is 64.7 Å². The highest BCUT2D eigenvalue weighted by Crippen LogP contribution is 2.39. The van der Waals surface area contributed by atoms with Crippen LogP contribution in [0.25, 0.3) is 9.75 Å². The van der Waals surface area contributed by atoms with Gasteiger partial charge in [0.05, 0.1) is 12.2 Å². The van der Waals surface area contributed by atoms with Crippen LogP contribution in [0.4, 0.5) is 10.0 Å². The number of thiophene rings is 3. The molecule has 0 saturated carbocycles. The summed E-state index contributed by atoms with van der Waals surface area (Å²) < 4.78 is 5.11. The van der Waals surface area contributed by atoms with Crippen molar-refractivity contribution in [3.8, 4) is 9.75 Å². The summed E-state index contributed by atoms with van der Waals surface area (Å²) in [7, 11) is 0. The van der Waals surface area contributed by atoms with Gasteiger partial charge in [-0.25, -0.2) is 9.79 Å². The van der Waals surface area contributed by atoms with Crippen molar-refractivity contribution in [2.75, 3.05) is 12.3 Å². The van der Waals surface area contributed by atoms with Gasteiger partial charge in [0.15, 0.2) is 0 Å². The highest BCUT2D eigenvalue weighted by atomic mass is 32.1. The minimum absolute atomic E-state index is 0.330. The van der Waals surface area contributed by atoms with Crippen LogP contribution in [0, 0.1) is 0 Å². The monoisotopic (exact) mass is 390 g/mol. The van der Waals surface area contributed by atoms with E-state index in [1.54, 1.807) is 29.6 Å². The minimum Gasteiger partial charge on any atom is -0.462 e. The lowest BCUT2D eigenvalue weighted by Crippen LogP contribution is -2.08. The predicted octanol–water partition coefficient (Wildman–Crippen LogP) is 5.61. The van der Waals surface area contributed by atoms with E-state index < -0.39 is 0 Å². The molecular formula is C18H18N2O2S3. The number of carbonyl (C=O) groups is 1. The van der Waals surface area contributed by atoms with Crippen LogP contribution in [-0.2, 0) is 11.2 Å². The van der Waals surface area contributed by atoms with Gasteiger partial charge in [-0.15, -0.1) is 22.7 Å². The zero-order valence-electron chi connectivity index (χ0n) is 13.9. The van der Waals surface area contributed by atoms with Gasteiger partial charge in [0.2, 0.25) is 0 Å². The molecule has 0 radical (unpaired) electrons. The smallest absolute Gasteiger partial charge is 0.341 e. The van der Waals surface area contributed by atoms with E-state index in [0.717, 1.165) is 15.4 Å². The van der Waals surface area contributed by atoms with E-state index in [0.29, 0.717) is 23.6 Å². The van der Waals surface area contributed by atoms with E-state index in [9.17, 15) is 4.79 Å². The molecule has 0 saturated heterocycles. The number of esters is 1. The van der Waals surface area contributed by atoms with Gasteiger partial charge < -0.3 is 10.5 Å². The first-order valence-electron chi connectivity index (χ1n) is 7.90. The van der Waals surface area contributed by atoms with Gasteiger partial charge in [-0.3, -0.25) is 0 Å². The lowest BCUT2D eigenvalue weighted by molar-refractivity contribution is 0.0527. The molecule has 3 heterocycles. The first kappa shape index (κ1) is 17.8. The lowest BCUT2D eigenvalue weighted by atomic mass is 10.1. The standard InChI is InChI=1S/C18H18N2O2S3/c1-3-12-15(18(21)22-4-2)16(19)25-17(12)20-10-11-7-8-14(24-11)13-6-5-9-23-13/h5-10H,3-4,19H2,1-2H3/b20-10+. The van der Waals surface area contributed by atoms with Crippen LogP contribution in [0.5, 0.6) is 0 Å². The van der Waals surface area contributed by atoms with Crippen LogP contribution in [0.3, 0.4) is 0 Å². The van der Waals surface area contributed by atoms with Crippen LogP contribution in [0.1, 0.15) is 34.6 Å². The zero-order chi connectivity index (χ0) is 17.8. The van der Waals surface area contributed by atoms with Gasteiger partial charge >= 0.3 is 5.97 Å². The van der Waals surface area contributed by atoms with Gasteiger partial charge in [-0.1, -0.05) is 24.3 Å². The zero-order valence-corrected chi connectivity index (χ0v) is 16.4. The number of nitrogens with two attached hydrogens (primary N) is 1. The first-order valence-corrected chi connectivity index (χ1v) is 10.4. The lowest BCUT2D eigenvalue weighted by Gasteiger charge is -2.03. The molecule has 4 nitrogen and oxygen atoms in total. The Morgan fingerprint density at radius 3 is 2.76 bits per heavy atom. The molecule has 0 atom stereocenters. The minimum atomic E-state index is -0.370. The molecule has 0 unspecified atom stereocenters. The van der Waals surface area contributed by atoms with Gasteiger partial charge in [0, 0.05) is 26.4 Å². The number of hydrogen-bond acceptors (Lipinski definition) is 7. The van der Waals surface area contributed by atoms with Crippen LogP contribution >= 0.6 is 34.0 Å². The maximum absolute atomic E-state index is 12.1. The molecule has 2 N–H and O–H groups in total. The third-order valence-electron chi connectivity index (χ3n) is 3.55.